The molecule has 2 heterocycles. The number of carbonyl (C=O) groups is 1. The maximum atomic E-state index is 11.8. The quantitative estimate of drug-likeness (QED) is 0.716. The number of rotatable bonds is 2. The third-order valence-electron chi connectivity index (χ3n) is 4.91. The zero-order valence-corrected chi connectivity index (χ0v) is 10.6. The summed E-state index contributed by atoms with van der Waals surface area (Å²) in [5.74, 6) is 0.0590. The summed E-state index contributed by atoms with van der Waals surface area (Å²) < 4.78 is 4.96. The number of methoxy groups -OCH3 is 1. The molecule has 2 saturated heterocycles. The van der Waals surface area contributed by atoms with Crippen LogP contribution >= 0.6 is 0 Å². The van der Waals surface area contributed by atoms with Gasteiger partial charge in [-0.15, -0.1) is 0 Å². The summed E-state index contributed by atoms with van der Waals surface area (Å²) in [6.45, 7) is 4.13. The van der Waals surface area contributed by atoms with Gasteiger partial charge >= 0.3 is 5.97 Å². The van der Waals surface area contributed by atoms with Crippen LogP contribution in [0.1, 0.15) is 25.7 Å². The van der Waals surface area contributed by atoms with Gasteiger partial charge in [-0.2, -0.15) is 0 Å². The van der Waals surface area contributed by atoms with E-state index in [1.165, 1.54) is 33.0 Å². The highest BCUT2D eigenvalue weighted by Gasteiger charge is 2.49. The zero-order chi connectivity index (χ0) is 11.9. The SMILES string of the molecule is COC(=O)C1CNCC12CCN(C1CC1)CC2. The summed E-state index contributed by atoms with van der Waals surface area (Å²) >= 11 is 0. The Morgan fingerprint density at radius 1 is 1.35 bits per heavy atom. The van der Waals surface area contributed by atoms with E-state index in [-0.39, 0.29) is 17.3 Å². The van der Waals surface area contributed by atoms with E-state index in [2.05, 4.69) is 10.2 Å². The molecule has 1 spiro atoms. The van der Waals surface area contributed by atoms with Crippen LogP contribution in [0.3, 0.4) is 0 Å². The molecule has 0 amide bonds. The van der Waals surface area contributed by atoms with Gasteiger partial charge in [0.1, 0.15) is 0 Å². The second-order valence-electron chi connectivity index (χ2n) is 5.84. The van der Waals surface area contributed by atoms with Gasteiger partial charge in [0.05, 0.1) is 13.0 Å². The molecule has 1 saturated carbocycles. The molecule has 2 aliphatic heterocycles. The minimum Gasteiger partial charge on any atom is -0.469 e. The van der Waals surface area contributed by atoms with Gasteiger partial charge in [0.15, 0.2) is 0 Å². The zero-order valence-electron chi connectivity index (χ0n) is 10.6. The second-order valence-corrected chi connectivity index (χ2v) is 5.84. The maximum absolute atomic E-state index is 11.8. The number of nitrogens with one attached hydrogen (secondary N) is 1. The number of likely N-dealkylation sites (tertiary alicyclic amines) is 1. The van der Waals surface area contributed by atoms with Crippen molar-refractivity contribution in [2.45, 2.75) is 31.7 Å². The van der Waals surface area contributed by atoms with E-state index in [0.29, 0.717) is 0 Å². The number of ether oxygens (including phenoxy) is 1. The normalized spacial score (nSPS) is 32.9. The van der Waals surface area contributed by atoms with Crippen molar-refractivity contribution in [1.82, 2.24) is 10.2 Å². The van der Waals surface area contributed by atoms with Crippen LogP contribution in [0.4, 0.5) is 0 Å². The second kappa shape index (κ2) is 4.25. The van der Waals surface area contributed by atoms with Gasteiger partial charge in [0.25, 0.3) is 0 Å². The van der Waals surface area contributed by atoms with E-state index < -0.39 is 0 Å². The Balaban J connectivity index is 1.67. The van der Waals surface area contributed by atoms with Crippen molar-refractivity contribution in [1.29, 1.82) is 0 Å². The number of esters is 1. The molecule has 0 aromatic carbocycles. The fraction of sp³-hybridized carbons (Fsp3) is 0.923. The lowest BCUT2D eigenvalue weighted by atomic mass is 9.71. The van der Waals surface area contributed by atoms with Gasteiger partial charge in [-0.05, 0) is 44.2 Å². The van der Waals surface area contributed by atoms with E-state index in [0.717, 1.165) is 32.0 Å². The van der Waals surface area contributed by atoms with Crippen molar-refractivity contribution in [3.8, 4) is 0 Å². The summed E-state index contributed by atoms with van der Waals surface area (Å²) in [5, 5.41) is 3.39. The molecule has 3 aliphatic rings. The van der Waals surface area contributed by atoms with Crippen LogP contribution in [0.25, 0.3) is 0 Å². The molecule has 4 heteroatoms. The van der Waals surface area contributed by atoms with Crippen LogP contribution in [0.15, 0.2) is 0 Å². The Bertz CT molecular complexity index is 307. The molecule has 0 aromatic heterocycles. The molecular weight excluding hydrogens is 216 g/mol. The first-order valence-corrected chi connectivity index (χ1v) is 6.78. The first kappa shape index (κ1) is 11.5. The Morgan fingerprint density at radius 2 is 2.06 bits per heavy atom. The van der Waals surface area contributed by atoms with Crippen LogP contribution in [-0.4, -0.2) is 50.2 Å². The highest BCUT2D eigenvalue weighted by atomic mass is 16.5. The van der Waals surface area contributed by atoms with Gasteiger partial charge in [-0.3, -0.25) is 4.79 Å². The lowest BCUT2D eigenvalue weighted by molar-refractivity contribution is -0.149. The molecule has 1 atom stereocenters. The van der Waals surface area contributed by atoms with Crippen molar-refractivity contribution >= 4 is 5.97 Å². The number of hydrogen-bond acceptors (Lipinski definition) is 4. The number of nitrogens with zero attached hydrogens (tertiary/aromatic N) is 1. The minimum absolute atomic E-state index is 0.0186. The molecule has 17 heavy (non-hydrogen) atoms. The fourth-order valence-electron chi connectivity index (χ4n) is 3.58. The van der Waals surface area contributed by atoms with Crippen LogP contribution in [0.2, 0.25) is 0 Å². The fourth-order valence-corrected chi connectivity index (χ4v) is 3.58. The van der Waals surface area contributed by atoms with Gasteiger partial charge in [-0.1, -0.05) is 0 Å². The maximum Gasteiger partial charge on any atom is 0.310 e. The summed E-state index contributed by atoms with van der Waals surface area (Å²) in [6.07, 6.45) is 5.06. The third-order valence-corrected chi connectivity index (χ3v) is 4.91. The van der Waals surface area contributed by atoms with Crippen molar-refractivity contribution < 1.29 is 9.53 Å². The third kappa shape index (κ3) is 1.97. The number of hydrogen-bond donors (Lipinski definition) is 1. The minimum atomic E-state index is -0.0186. The van der Waals surface area contributed by atoms with Crippen LogP contribution in [-0.2, 0) is 9.53 Å². The summed E-state index contributed by atoms with van der Waals surface area (Å²) in [5.41, 5.74) is 0.179. The average Bonchev–Trinajstić information content (AvgIpc) is 3.12. The molecule has 3 fully saturated rings. The smallest absolute Gasteiger partial charge is 0.310 e. The molecule has 0 radical (unpaired) electrons. The molecule has 1 aliphatic carbocycles. The highest BCUT2D eigenvalue weighted by molar-refractivity contribution is 5.74. The summed E-state index contributed by atoms with van der Waals surface area (Å²) in [6, 6.07) is 0.860. The first-order chi connectivity index (χ1) is 8.25. The van der Waals surface area contributed by atoms with Gasteiger partial charge < -0.3 is 15.0 Å². The highest BCUT2D eigenvalue weighted by Crippen LogP contribution is 2.44. The number of piperidine rings is 1. The van der Waals surface area contributed by atoms with Crippen molar-refractivity contribution in [3.05, 3.63) is 0 Å². The lowest BCUT2D eigenvalue weighted by Crippen LogP contribution is -2.46. The molecule has 0 bridgehead atoms. The van der Waals surface area contributed by atoms with E-state index >= 15 is 0 Å². The van der Waals surface area contributed by atoms with Crippen LogP contribution in [0.5, 0.6) is 0 Å². The molecule has 0 aromatic rings. The molecule has 1 unspecified atom stereocenters. The van der Waals surface area contributed by atoms with E-state index in [4.69, 9.17) is 4.74 Å². The van der Waals surface area contributed by atoms with Gasteiger partial charge in [0.2, 0.25) is 0 Å². The predicted molar refractivity (Wildman–Crippen MR) is 64.6 cm³/mol. The van der Waals surface area contributed by atoms with Crippen molar-refractivity contribution in [2.75, 3.05) is 33.3 Å². The average molecular weight is 238 g/mol. The molecule has 3 rings (SSSR count). The van der Waals surface area contributed by atoms with Crippen LogP contribution < -0.4 is 5.32 Å². The predicted octanol–water partition coefficient (Wildman–Crippen LogP) is 0.623. The summed E-state index contributed by atoms with van der Waals surface area (Å²) in [7, 11) is 1.51. The van der Waals surface area contributed by atoms with Crippen LogP contribution in [0, 0.1) is 11.3 Å². The molecular formula is C13H22N2O2. The monoisotopic (exact) mass is 238 g/mol. The van der Waals surface area contributed by atoms with E-state index in [1.54, 1.807) is 0 Å². The Labute approximate surface area is 103 Å². The van der Waals surface area contributed by atoms with Gasteiger partial charge in [0, 0.05) is 19.1 Å². The van der Waals surface area contributed by atoms with E-state index in [9.17, 15) is 4.79 Å². The Morgan fingerprint density at radius 3 is 2.65 bits per heavy atom. The summed E-state index contributed by atoms with van der Waals surface area (Å²) in [4.78, 5) is 14.4. The first-order valence-electron chi connectivity index (χ1n) is 6.78. The number of carbonyl (C=O) groups excluding carboxylic acids is 1. The largest absolute Gasteiger partial charge is 0.469 e. The van der Waals surface area contributed by atoms with Gasteiger partial charge in [-0.25, -0.2) is 0 Å². The standard InChI is InChI=1S/C13H22N2O2/c1-17-12(16)11-8-14-9-13(11)4-6-15(7-5-13)10-2-3-10/h10-11,14H,2-9H2,1H3. The molecule has 1 N–H and O–H groups in total. The lowest BCUT2D eigenvalue weighted by Gasteiger charge is -2.41. The Kier molecular flexibility index (Phi) is 2.87. The topological polar surface area (TPSA) is 41.6 Å². The molecule has 96 valence electrons. The van der Waals surface area contributed by atoms with E-state index in [1.807, 2.05) is 0 Å². The van der Waals surface area contributed by atoms with Crippen molar-refractivity contribution in [2.24, 2.45) is 11.3 Å². The van der Waals surface area contributed by atoms with Crippen molar-refractivity contribution in [3.63, 3.8) is 0 Å². The Hall–Kier alpha value is -0.610. The molecule has 4 nitrogen and oxygen atoms in total.